The highest BCUT2D eigenvalue weighted by Gasteiger charge is 2.13. The molecule has 0 aliphatic rings. The van der Waals surface area contributed by atoms with E-state index in [0.717, 1.165) is 5.56 Å². The number of amides is 1. The lowest BCUT2D eigenvalue weighted by molar-refractivity contribution is 0.0940. The summed E-state index contributed by atoms with van der Waals surface area (Å²) >= 11 is 0. The van der Waals surface area contributed by atoms with Gasteiger partial charge in [-0.3, -0.25) is 4.79 Å². The lowest BCUT2D eigenvalue weighted by atomic mass is 10.1. The Morgan fingerprint density at radius 2 is 1.79 bits per heavy atom. The van der Waals surface area contributed by atoms with Crippen molar-refractivity contribution in [1.82, 2.24) is 5.32 Å². The van der Waals surface area contributed by atoms with Crippen molar-refractivity contribution in [2.24, 2.45) is 0 Å². The molecule has 98 valence electrons. The first-order valence-electron chi connectivity index (χ1n) is 5.99. The molecule has 0 fully saturated rings. The largest absolute Gasteiger partial charge is 0.398 e. The lowest BCUT2D eigenvalue weighted by Gasteiger charge is -2.16. The number of nitrogens with two attached hydrogens (primary N) is 1. The maximum atomic E-state index is 12.8. The molecule has 2 aromatic carbocycles. The average Bonchev–Trinajstić information content (AvgIpc) is 2.39. The van der Waals surface area contributed by atoms with Gasteiger partial charge in [0.05, 0.1) is 6.04 Å². The molecule has 1 amide bonds. The Hall–Kier alpha value is -2.36. The summed E-state index contributed by atoms with van der Waals surface area (Å²) in [4.78, 5) is 12.0. The molecule has 0 aliphatic heterocycles. The van der Waals surface area contributed by atoms with Gasteiger partial charge in [-0.15, -0.1) is 0 Å². The third-order valence-electron chi connectivity index (χ3n) is 2.92. The summed E-state index contributed by atoms with van der Waals surface area (Å²) in [5.41, 5.74) is 7.77. The van der Waals surface area contributed by atoms with E-state index in [1.54, 1.807) is 6.07 Å². The van der Waals surface area contributed by atoms with Crippen molar-refractivity contribution in [1.29, 1.82) is 0 Å². The predicted molar refractivity (Wildman–Crippen MR) is 73.1 cm³/mol. The van der Waals surface area contributed by atoms with Crippen LogP contribution in [-0.2, 0) is 0 Å². The topological polar surface area (TPSA) is 55.1 Å². The number of hydrogen-bond acceptors (Lipinski definition) is 2. The maximum Gasteiger partial charge on any atom is 0.251 e. The predicted octanol–water partition coefficient (Wildman–Crippen LogP) is 2.90. The molecular formula is C15H15FN2O. The minimum atomic E-state index is -0.364. The van der Waals surface area contributed by atoms with Crippen molar-refractivity contribution in [3.05, 3.63) is 65.5 Å². The first-order chi connectivity index (χ1) is 9.08. The summed E-state index contributed by atoms with van der Waals surface area (Å²) in [5, 5.41) is 2.83. The number of nitrogens with one attached hydrogen (secondary N) is 1. The number of nitrogen functional groups attached to an aromatic ring is 1. The zero-order valence-electron chi connectivity index (χ0n) is 10.6. The zero-order valence-corrected chi connectivity index (χ0v) is 10.6. The molecule has 0 bridgehead atoms. The van der Waals surface area contributed by atoms with E-state index in [0.29, 0.717) is 11.3 Å². The first kappa shape index (κ1) is 13.1. The first-order valence-corrected chi connectivity index (χ1v) is 5.99. The van der Waals surface area contributed by atoms with E-state index in [1.807, 2.05) is 25.1 Å². The van der Waals surface area contributed by atoms with Gasteiger partial charge in [-0.25, -0.2) is 4.39 Å². The molecule has 0 saturated carbocycles. The number of anilines is 1. The van der Waals surface area contributed by atoms with Gasteiger partial charge in [0.25, 0.3) is 5.91 Å². The van der Waals surface area contributed by atoms with Crippen LogP contribution >= 0.6 is 0 Å². The molecule has 1 unspecified atom stereocenters. The fraction of sp³-hybridized carbons (Fsp3) is 0.133. The molecule has 3 N–H and O–H groups in total. The van der Waals surface area contributed by atoms with E-state index >= 15 is 0 Å². The van der Waals surface area contributed by atoms with E-state index < -0.39 is 0 Å². The Kier molecular flexibility index (Phi) is 3.80. The Labute approximate surface area is 111 Å². The number of benzene rings is 2. The number of halogens is 1. The van der Waals surface area contributed by atoms with Crippen molar-refractivity contribution in [3.63, 3.8) is 0 Å². The molecule has 0 aliphatic carbocycles. The molecule has 4 heteroatoms. The Bertz CT molecular complexity index is 581. The molecule has 2 aromatic rings. The van der Waals surface area contributed by atoms with Crippen LogP contribution in [0.3, 0.4) is 0 Å². The van der Waals surface area contributed by atoms with Crippen LogP contribution in [0.25, 0.3) is 0 Å². The van der Waals surface area contributed by atoms with E-state index in [-0.39, 0.29) is 17.8 Å². The second-order valence-corrected chi connectivity index (χ2v) is 4.33. The number of para-hydroxylation sites is 1. The highest BCUT2D eigenvalue weighted by atomic mass is 19.1. The van der Waals surface area contributed by atoms with Crippen molar-refractivity contribution in [2.45, 2.75) is 13.0 Å². The molecule has 3 nitrogen and oxygen atoms in total. The standard InChI is InChI=1S/C15H15FN2O/c1-10(13-4-2-3-5-14(13)17)18-15(19)11-6-8-12(16)9-7-11/h2-10H,17H2,1H3,(H,18,19). The van der Waals surface area contributed by atoms with Crippen LogP contribution in [0.15, 0.2) is 48.5 Å². The van der Waals surface area contributed by atoms with Crippen LogP contribution in [0.5, 0.6) is 0 Å². The Morgan fingerprint density at radius 1 is 1.16 bits per heavy atom. The van der Waals surface area contributed by atoms with Crippen LogP contribution in [0.2, 0.25) is 0 Å². The summed E-state index contributed by atoms with van der Waals surface area (Å²) in [7, 11) is 0. The van der Waals surface area contributed by atoms with Crippen LogP contribution in [0.4, 0.5) is 10.1 Å². The fourth-order valence-corrected chi connectivity index (χ4v) is 1.86. The summed E-state index contributed by atoms with van der Waals surface area (Å²) in [5.74, 6) is -0.618. The third-order valence-corrected chi connectivity index (χ3v) is 2.92. The molecule has 0 radical (unpaired) electrons. The minimum absolute atomic E-state index is 0.209. The van der Waals surface area contributed by atoms with Gasteiger partial charge in [0.1, 0.15) is 5.82 Å². The summed E-state index contributed by atoms with van der Waals surface area (Å²) in [6.07, 6.45) is 0. The van der Waals surface area contributed by atoms with Gasteiger partial charge in [0.15, 0.2) is 0 Å². The normalized spacial score (nSPS) is 11.9. The maximum absolute atomic E-state index is 12.8. The molecule has 1 atom stereocenters. The number of carbonyl (C=O) groups excluding carboxylic acids is 1. The average molecular weight is 258 g/mol. The zero-order chi connectivity index (χ0) is 13.8. The van der Waals surface area contributed by atoms with E-state index in [1.165, 1.54) is 24.3 Å². The minimum Gasteiger partial charge on any atom is -0.398 e. The fourth-order valence-electron chi connectivity index (χ4n) is 1.86. The molecule has 0 spiro atoms. The highest BCUT2D eigenvalue weighted by Crippen LogP contribution is 2.19. The Balaban J connectivity index is 2.11. The van der Waals surface area contributed by atoms with Crippen molar-refractivity contribution >= 4 is 11.6 Å². The summed E-state index contributed by atoms with van der Waals surface area (Å²) < 4.78 is 12.8. The molecule has 0 saturated heterocycles. The molecule has 0 aromatic heterocycles. The van der Waals surface area contributed by atoms with Crippen LogP contribution in [-0.4, -0.2) is 5.91 Å². The van der Waals surface area contributed by atoms with Gasteiger partial charge < -0.3 is 11.1 Å². The SMILES string of the molecule is CC(NC(=O)c1ccc(F)cc1)c1ccccc1N. The van der Waals surface area contributed by atoms with E-state index in [2.05, 4.69) is 5.32 Å². The Morgan fingerprint density at radius 3 is 2.42 bits per heavy atom. The van der Waals surface area contributed by atoms with Gasteiger partial charge in [-0.1, -0.05) is 18.2 Å². The number of rotatable bonds is 3. The van der Waals surface area contributed by atoms with Gasteiger partial charge in [-0.2, -0.15) is 0 Å². The number of carbonyl (C=O) groups is 1. The monoisotopic (exact) mass is 258 g/mol. The molecular weight excluding hydrogens is 243 g/mol. The number of hydrogen-bond donors (Lipinski definition) is 2. The van der Waals surface area contributed by atoms with Gasteiger partial charge in [0.2, 0.25) is 0 Å². The molecule has 2 rings (SSSR count). The lowest BCUT2D eigenvalue weighted by Crippen LogP contribution is -2.27. The third kappa shape index (κ3) is 3.10. The van der Waals surface area contributed by atoms with Gasteiger partial charge in [0, 0.05) is 11.3 Å². The second-order valence-electron chi connectivity index (χ2n) is 4.33. The smallest absolute Gasteiger partial charge is 0.251 e. The highest BCUT2D eigenvalue weighted by molar-refractivity contribution is 5.94. The van der Waals surface area contributed by atoms with Crippen LogP contribution < -0.4 is 11.1 Å². The summed E-state index contributed by atoms with van der Waals surface area (Å²) in [6, 6.07) is 12.6. The second kappa shape index (κ2) is 5.52. The van der Waals surface area contributed by atoms with E-state index in [4.69, 9.17) is 5.73 Å². The van der Waals surface area contributed by atoms with E-state index in [9.17, 15) is 9.18 Å². The quantitative estimate of drug-likeness (QED) is 0.832. The van der Waals surface area contributed by atoms with Crippen molar-refractivity contribution in [3.8, 4) is 0 Å². The van der Waals surface area contributed by atoms with Gasteiger partial charge >= 0.3 is 0 Å². The van der Waals surface area contributed by atoms with Crippen molar-refractivity contribution < 1.29 is 9.18 Å². The van der Waals surface area contributed by atoms with Crippen molar-refractivity contribution in [2.75, 3.05) is 5.73 Å². The van der Waals surface area contributed by atoms with Gasteiger partial charge in [-0.05, 0) is 42.8 Å². The molecule has 19 heavy (non-hydrogen) atoms. The van der Waals surface area contributed by atoms with Crippen LogP contribution in [0, 0.1) is 5.82 Å². The molecule has 0 heterocycles. The summed E-state index contributed by atoms with van der Waals surface area (Å²) in [6.45, 7) is 1.85. The van der Waals surface area contributed by atoms with Crippen LogP contribution in [0.1, 0.15) is 28.9 Å².